The summed E-state index contributed by atoms with van der Waals surface area (Å²) in [5, 5.41) is 12.8. The fourth-order valence-electron chi connectivity index (χ4n) is 1.19. The van der Waals surface area contributed by atoms with Crippen LogP contribution in [-0.2, 0) is 0 Å². The predicted octanol–water partition coefficient (Wildman–Crippen LogP) is 1.88. The van der Waals surface area contributed by atoms with Crippen LogP contribution in [0.4, 0.5) is 10.1 Å². The number of halogens is 1. The lowest BCUT2D eigenvalue weighted by Gasteiger charge is -2.19. The van der Waals surface area contributed by atoms with Crippen LogP contribution in [0.5, 0.6) is 0 Å². The summed E-state index contributed by atoms with van der Waals surface area (Å²) in [6.45, 7) is 3.16. The van der Waals surface area contributed by atoms with Gasteiger partial charge in [-0.1, -0.05) is 5.92 Å². The van der Waals surface area contributed by atoms with Gasteiger partial charge in [-0.15, -0.1) is 6.42 Å². The van der Waals surface area contributed by atoms with E-state index in [0.717, 1.165) is 12.1 Å². The van der Waals surface area contributed by atoms with Crippen LogP contribution < -0.4 is 5.32 Å². The summed E-state index contributed by atoms with van der Waals surface area (Å²) in [4.78, 5) is 21.4. The van der Waals surface area contributed by atoms with Crippen molar-refractivity contribution in [2.45, 2.75) is 19.4 Å². The zero-order valence-electron chi connectivity index (χ0n) is 9.86. The molecule has 6 heteroatoms. The summed E-state index contributed by atoms with van der Waals surface area (Å²) in [6.07, 6.45) is 5.19. The molecule has 1 aromatic carbocycles. The van der Waals surface area contributed by atoms with E-state index in [-0.39, 0.29) is 5.56 Å². The van der Waals surface area contributed by atoms with Crippen LogP contribution >= 0.6 is 0 Å². The minimum absolute atomic E-state index is 0.288. The van der Waals surface area contributed by atoms with Crippen molar-refractivity contribution in [3.63, 3.8) is 0 Å². The molecule has 5 nitrogen and oxygen atoms in total. The van der Waals surface area contributed by atoms with E-state index in [1.54, 1.807) is 13.8 Å². The van der Waals surface area contributed by atoms with E-state index in [2.05, 4.69) is 11.2 Å². The molecule has 1 amide bonds. The van der Waals surface area contributed by atoms with Crippen molar-refractivity contribution in [3.8, 4) is 12.3 Å². The molecule has 0 spiro atoms. The van der Waals surface area contributed by atoms with Crippen molar-refractivity contribution in [2.75, 3.05) is 0 Å². The van der Waals surface area contributed by atoms with Gasteiger partial charge in [-0.2, -0.15) is 0 Å². The molecular weight excluding hydrogens is 239 g/mol. The highest BCUT2D eigenvalue weighted by Crippen LogP contribution is 2.17. The van der Waals surface area contributed by atoms with Crippen LogP contribution in [0.15, 0.2) is 18.2 Å². The van der Waals surface area contributed by atoms with Crippen molar-refractivity contribution in [2.24, 2.45) is 0 Å². The number of nitrogens with zero attached hydrogens (tertiary/aromatic N) is 1. The van der Waals surface area contributed by atoms with E-state index < -0.39 is 27.9 Å². The second kappa shape index (κ2) is 4.84. The number of nitro groups is 1. The van der Waals surface area contributed by atoms with Gasteiger partial charge in [0.05, 0.1) is 22.1 Å². The first kappa shape index (κ1) is 13.6. The van der Waals surface area contributed by atoms with E-state index in [9.17, 15) is 19.3 Å². The van der Waals surface area contributed by atoms with Gasteiger partial charge in [0, 0.05) is 6.07 Å². The predicted molar refractivity (Wildman–Crippen MR) is 63.4 cm³/mol. The van der Waals surface area contributed by atoms with Crippen molar-refractivity contribution in [1.29, 1.82) is 0 Å². The summed E-state index contributed by atoms with van der Waals surface area (Å²) < 4.78 is 13.5. The second-order valence-corrected chi connectivity index (χ2v) is 4.14. The molecule has 0 saturated carbocycles. The van der Waals surface area contributed by atoms with E-state index in [1.165, 1.54) is 0 Å². The van der Waals surface area contributed by atoms with Crippen molar-refractivity contribution in [3.05, 3.63) is 39.7 Å². The number of hydrogen-bond donors (Lipinski definition) is 1. The first-order valence-corrected chi connectivity index (χ1v) is 5.01. The number of carbonyl (C=O) groups excluding carboxylic acids is 1. The Morgan fingerprint density at radius 2 is 2.17 bits per heavy atom. The largest absolute Gasteiger partial charge is 0.336 e. The third-order valence-corrected chi connectivity index (χ3v) is 2.19. The fraction of sp³-hybridized carbons (Fsp3) is 0.250. The number of nitrogens with one attached hydrogen (secondary N) is 1. The number of rotatable bonds is 3. The Balaban J connectivity index is 3.02. The zero-order chi connectivity index (χ0) is 13.9. The highest BCUT2D eigenvalue weighted by Gasteiger charge is 2.21. The summed E-state index contributed by atoms with van der Waals surface area (Å²) in [7, 11) is 0. The standard InChI is InChI=1S/C12H11FN2O3/c1-4-12(2,3)14-11(16)9-6-5-8(15(17)18)7-10(9)13/h1,5-7H,2-3H3,(H,14,16). The average molecular weight is 250 g/mol. The van der Waals surface area contributed by atoms with Gasteiger partial charge in [-0.3, -0.25) is 14.9 Å². The lowest BCUT2D eigenvalue weighted by Crippen LogP contribution is -2.42. The molecule has 0 aliphatic heterocycles. The molecular formula is C12H11FN2O3. The molecule has 0 unspecified atom stereocenters. The highest BCUT2D eigenvalue weighted by atomic mass is 19.1. The van der Waals surface area contributed by atoms with Crippen molar-refractivity contribution < 1.29 is 14.1 Å². The van der Waals surface area contributed by atoms with Gasteiger partial charge in [0.2, 0.25) is 0 Å². The number of amides is 1. The summed E-state index contributed by atoms with van der Waals surface area (Å²) >= 11 is 0. The van der Waals surface area contributed by atoms with E-state index in [0.29, 0.717) is 6.07 Å². The Morgan fingerprint density at radius 1 is 1.56 bits per heavy atom. The van der Waals surface area contributed by atoms with Crippen molar-refractivity contribution >= 4 is 11.6 Å². The molecule has 0 heterocycles. The van der Waals surface area contributed by atoms with Gasteiger partial charge in [0.1, 0.15) is 5.82 Å². The Kier molecular flexibility index (Phi) is 3.67. The maximum Gasteiger partial charge on any atom is 0.272 e. The number of benzene rings is 1. The van der Waals surface area contributed by atoms with Crippen LogP contribution in [0.3, 0.4) is 0 Å². The topological polar surface area (TPSA) is 72.2 Å². The summed E-state index contributed by atoms with van der Waals surface area (Å²) in [5.41, 5.74) is -1.63. The van der Waals surface area contributed by atoms with Gasteiger partial charge in [0.25, 0.3) is 11.6 Å². The molecule has 0 aliphatic rings. The summed E-state index contributed by atoms with van der Waals surface area (Å²) in [6, 6.07) is 2.80. The molecule has 0 aliphatic carbocycles. The molecule has 0 radical (unpaired) electrons. The molecule has 0 saturated heterocycles. The number of terminal acetylenes is 1. The molecule has 1 rings (SSSR count). The monoisotopic (exact) mass is 250 g/mol. The van der Waals surface area contributed by atoms with E-state index in [1.807, 2.05) is 0 Å². The summed E-state index contributed by atoms with van der Waals surface area (Å²) in [5.74, 6) is 0.648. The fourth-order valence-corrected chi connectivity index (χ4v) is 1.19. The van der Waals surface area contributed by atoms with Gasteiger partial charge in [-0.25, -0.2) is 4.39 Å². The van der Waals surface area contributed by atoms with Gasteiger partial charge >= 0.3 is 0 Å². The molecule has 18 heavy (non-hydrogen) atoms. The van der Waals surface area contributed by atoms with Crippen LogP contribution in [0.2, 0.25) is 0 Å². The average Bonchev–Trinajstić information content (AvgIpc) is 2.28. The van der Waals surface area contributed by atoms with Gasteiger partial charge < -0.3 is 5.32 Å². The molecule has 0 aromatic heterocycles. The second-order valence-electron chi connectivity index (χ2n) is 4.14. The van der Waals surface area contributed by atoms with E-state index in [4.69, 9.17) is 6.42 Å². The first-order valence-electron chi connectivity index (χ1n) is 5.01. The minimum atomic E-state index is -0.963. The Labute approximate surface area is 103 Å². The number of nitro benzene ring substituents is 1. The Morgan fingerprint density at radius 3 is 2.61 bits per heavy atom. The maximum atomic E-state index is 13.5. The van der Waals surface area contributed by atoms with Crippen molar-refractivity contribution in [1.82, 2.24) is 5.32 Å². The SMILES string of the molecule is C#CC(C)(C)NC(=O)c1ccc([N+](=O)[O-])cc1F. The number of carbonyl (C=O) groups is 1. The maximum absolute atomic E-state index is 13.5. The van der Waals surface area contributed by atoms with Gasteiger partial charge in [-0.05, 0) is 19.9 Å². The number of non-ortho nitro benzene ring substituents is 1. The lowest BCUT2D eigenvalue weighted by atomic mass is 10.1. The minimum Gasteiger partial charge on any atom is -0.336 e. The smallest absolute Gasteiger partial charge is 0.272 e. The van der Waals surface area contributed by atoms with Crippen LogP contribution in [0, 0.1) is 28.3 Å². The molecule has 0 fully saturated rings. The Hall–Kier alpha value is -2.42. The van der Waals surface area contributed by atoms with Crippen LogP contribution in [-0.4, -0.2) is 16.4 Å². The lowest BCUT2D eigenvalue weighted by molar-refractivity contribution is -0.385. The quantitative estimate of drug-likeness (QED) is 0.505. The molecule has 0 bridgehead atoms. The first-order chi connectivity index (χ1) is 8.26. The number of hydrogen-bond acceptors (Lipinski definition) is 3. The molecule has 1 aromatic rings. The molecule has 0 atom stereocenters. The third kappa shape index (κ3) is 3.04. The normalized spacial score (nSPS) is 10.6. The zero-order valence-corrected chi connectivity index (χ0v) is 9.86. The van der Waals surface area contributed by atoms with Crippen LogP contribution in [0.25, 0.3) is 0 Å². The molecule has 94 valence electrons. The van der Waals surface area contributed by atoms with E-state index >= 15 is 0 Å². The van der Waals surface area contributed by atoms with Gasteiger partial charge in [0.15, 0.2) is 0 Å². The molecule has 1 N–H and O–H groups in total. The van der Waals surface area contributed by atoms with Crippen LogP contribution in [0.1, 0.15) is 24.2 Å². The third-order valence-electron chi connectivity index (χ3n) is 2.19. The highest BCUT2D eigenvalue weighted by molar-refractivity contribution is 5.95. The Bertz CT molecular complexity index is 547.